The fraction of sp³-hybridized carbons (Fsp3) is 1.00. The summed E-state index contributed by atoms with van der Waals surface area (Å²) in [5.41, 5.74) is 0. The highest BCUT2D eigenvalue weighted by Gasteiger charge is 1.97. The largest absolute Gasteiger partial charge is 0.394 e. The van der Waals surface area contributed by atoms with Crippen LogP contribution in [0.15, 0.2) is 0 Å². The predicted octanol–water partition coefficient (Wildman–Crippen LogP) is 0.877. The van der Waals surface area contributed by atoms with Crippen molar-refractivity contribution in [2.45, 2.75) is 26.4 Å². The third kappa shape index (κ3) is 19.7. The van der Waals surface area contributed by atoms with Crippen LogP contribution in [-0.2, 0) is 28.4 Å². The highest BCUT2D eigenvalue weighted by molar-refractivity contribution is 4.43. The molecule has 0 rings (SSSR count). The zero-order chi connectivity index (χ0) is 17.0. The van der Waals surface area contributed by atoms with Gasteiger partial charge in [0, 0.05) is 0 Å². The van der Waals surface area contributed by atoms with Gasteiger partial charge in [-0.2, -0.15) is 0 Å². The molecular formula is C16H34O7. The molecule has 23 heavy (non-hydrogen) atoms. The molecule has 1 atom stereocenters. The zero-order valence-electron chi connectivity index (χ0n) is 14.7. The Labute approximate surface area is 140 Å². The van der Waals surface area contributed by atoms with E-state index in [0.717, 1.165) is 6.42 Å². The van der Waals surface area contributed by atoms with Gasteiger partial charge in [0.2, 0.25) is 0 Å². The fourth-order valence-corrected chi connectivity index (χ4v) is 1.47. The van der Waals surface area contributed by atoms with Crippen LogP contribution in [-0.4, -0.2) is 90.5 Å². The second kappa shape index (κ2) is 19.8. The molecular weight excluding hydrogens is 304 g/mol. The van der Waals surface area contributed by atoms with E-state index in [0.29, 0.717) is 78.8 Å². The van der Waals surface area contributed by atoms with Crippen LogP contribution >= 0.6 is 0 Å². The molecule has 0 aromatic heterocycles. The molecule has 0 aromatic rings. The van der Waals surface area contributed by atoms with Crippen LogP contribution in [0, 0.1) is 0 Å². The summed E-state index contributed by atoms with van der Waals surface area (Å²) < 4.78 is 32.0. The molecule has 0 fully saturated rings. The summed E-state index contributed by atoms with van der Waals surface area (Å²) in [7, 11) is 0. The second-order valence-corrected chi connectivity index (χ2v) is 4.88. The molecule has 0 bridgehead atoms. The van der Waals surface area contributed by atoms with Crippen LogP contribution in [0.4, 0.5) is 0 Å². The van der Waals surface area contributed by atoms with Crippen LogP contribution in [0.25, 0.3) is 0 Å². The molecule has 0 spiro atoms. The van der Waals surface area contributed by atoms with Crippen molar-refractivity contribution in [3.05, 3.63) is 0 Å². The van der Waals surface area contributed by atoms with Crippen molar-refractivity contribution in [1.82, 2.24) is 0 Å². The minimum atomic E-state index is 0.0417. The molecule has 1 unspecified atom stereocenters. The lowest BCUT2D eigenvalue weighted by atomic mass is 10.3. The average molecular weight is 338 g/mol. The molecule has 0 amide bonds. The summed E-state index contributed by atoms with van der Waals surface area (Å²) in [5.74, 6) is 0. The van der Waals surface area contributed by atoms with Gasteiger partial charge < -0.3 is 33.5 Å². The van der Waals surface area contributed by atoms with Gasteiger partial charge in [-0.3, -0.25) is 0 Å². The number of hydrogen-bond acceptors (Lipinski definition) is 7. The number of ether oxygens (including phenoxy) is 6. The van der Waals surface area contributed by atoms with Gasteiger partial charge in [0.05, 0.1) is 85.4 Å². The van der Waals surface area contributed by atoms with Crippen molar-refractivity contribution >= 4 is 0 Å². The van der Waals surface area contributed by atoms with Crippen LogP contribution in [0.3, 0.4) is 0 Å². The number of rotatable bonds is 19. The van der Waals surface area contributed by atoms with Gasteiger partial charge >= 0.3 is 0 Å². The van der Waals surface area contributed by atoms with Crippen LogP contribution in [0.1, 0.15) is 20.3 Å². The van der Waals surface area contributed by atoms with Crippen molar-refractivity contribution in [3.63, 3.8) is 0 Å². The van der Waals surface area contributed by atoms with E-state index in [-0.39, 0.29) is 6.61 Å². The lowest BCUT2D eigenvalue weighted by Gasteiger charge is -2.10. The van der Waals surface area contributed by atoms with Gasteiger partial charge in [-0.25, -0.2) is 0 Å². The van der Waals surface area contributed by atoms with Gasteiger partial charge in [0.1, 0.15) is 0 Å². The van der Waals surface area contributed by atoms with Crippen LogP contribution < -0.4 is 0 Å². The molecule has 0 heterocycles. The quantitative estimate of drug-likeness (QED) is 0.350. The highest BCUT2D eigenvalue weighted by atomic mass is 16.6. The first-order valence-electron chi connectivity index (χ1n) is 8.42. The highest BCUT2D eigenvalue weighted by Crippen LogP contribution is 1.94. The maximum Gasteiger partial charge on any atom is 0.0704 e. The lowest BCUT2D eigenvalue weighted by Crippen LogP contribution is -2.15. The molecule has 0 aliphatic heterocycles. The molecule has 0 radical (unpaired) electrons. The molecule has 1 N–H and O–H groups in total. The zero-order valence-corrected chi connectivity index (χ0v) is 14.7. The maximum absolute atomic E-state index is 8.50. The van der Waals surface area contributed by atoms with Crippen LogP contribution in [0.2, 0.25) is 0 Å². The SMILES string of the molecule is CCC(C)OCCOCCOCCOCCOCCOCCO. The van der Waals surface area contributed by atoms with E-state index in [1.165, 1.54) is 0 Å². The molecule has 0 aliphatic carbocycles. The Kier molecular flexibility index (Phi) is 19.5. The van der Waals surface area contributed by atoms with Gasteiger partial charge in [0.15, 0.2) is 0 Å². The second-order valence-electron chi connectivity index (χ2n) is 4.88. The number of aliphatic hydroxyl groups is 1. The van der Waals surface area contributed by atoms with E-state index < -0.39 is 0 Å². The molecule has 7 heteroatoms. The van der Waals surface area contributed by atoms with Crippen molar-refractivity contribution in [1.29, 1.82) is 0 Å². The Morgan fingerprint density at radius 3 is 1.30 bits per heavy atom. The van der Waals surface area contributed by atoms with Gasteiger partial charge in [-0.1, -0.05) is 6.92 Å². The van der Waals surface area contributed by atoms with E-state index in [4.69, 9.17) is 33.5 Å². The topological polar surface area (TPSA) is 75.6 Å². The Balaban J connectivity index is 2.97. The third-order valence-electron chi connectivity index (χ3n) is 2.93. The summed E-state index contributed by atoms with van der Waals surface area (Å²) >= 11 is 0. The molecule has 0 saturated carbocycles. The van der Waals surface area contributed by atoms with Crippen LogP contribution in [0.5, 0.6) is 0 Å². The lowest BCUT2D eigenvalue weighted by molar-refractivity contribution is -0.0241. The van der Waals surface area contributed by atoms with E-state index in [9.17, 15) is 0 Å². The average Bonchev–Trinajstić information content (AvgIpc) is 2.57. The van der Waals surface area contributed by atoms with Crippen molar-refractivity contribution in [2.24, 2.45) is 0 Å². The maximum atomic E-state index is 8.50. The first-order chi connectivity index (χ1) is 11.3. The van der Waals surface area contributed by atoms with Crippen molar-refractivity contribution in [3.8, 4) is 0 Å². The van der Waals surface area contributed by atoms with Crippen molar-refractivity contribution in [2.75, 3.05) is 79.3 Å². The predicted molar refractivity (Wildman–Crippen MR) is 86.9 cm³/mol. The van der Waals surface area contributed by atoms with E-state index in [1.807, 2.05) is 0 Å². The molecule has 0 aliphatic rings. The van der Waals surface area contributed by atoms with E-state index >= 15 is 0 Å². The Morgan fingerprint density at radius 1 is 0.609 bits per heavy atom. The molecule has 7 nitrogen and oxygen atoms in total. The minimum Gasteiger partial charge on any atom is -0.394 e. The Hall–Kier alpha value is -0.280. The van der Waals surface area contributed by atoms with E-state index in [2.05, 4.69) is 13.8 Å². The molecule has 140 valence electrons. The summed E-state index contributed by atoms with van der Waals surface area (Å²) in [4.78, 5) is 0. The number of aliphatic hydroxyl groups excluding tert-OH is 1. The normalized spacial score (nSPS) is 12.7. The fourth-order valence-electron chi connectivity index (χ4n) is 1.47. The molecule has 0 aromatic carbocycles. The summed E-state index contributed by atoms with van der Waals surface area (Å²) in [6.45, 7) is 10.1. The van der Waals surface area contributed by atoms with Gasteiger partial charge in [-0.15, -0.1) is 0 Å². The number of hydrogen-bond donors (Lipinski definition) is 1. The van der Waals surface area contributed by atoms with E-state index in [1.54, 1.807) is 0 Å². The monoisotopic (exact) mass is 338 g/mol. The molecule has 0 saturated heterocycles. The third-order valence-corrected chi connectivity index (χ3v) is 2.93. The van der Waals surface area contributed by atoms with Crippen molar-refractivity contribution < 1.29 is 33.5 Å². The van der Waals surface area contributed by atoms with Gasteiger partial charge in [-0.05, 0) is 13.3 Å². The standard InChI is InChI=1S/C16H34O7/c1-3-16(2)23-15-14-22-13-12-21-11-10-20-9-8-19-7-6-18-5-4-17/h16-17H,3-15H2,1-2H3. The summed E-state index contributed by atoms with van der Waals surface area (Å²) in [6, 6.07) is 0. The first-order valence-corrected chi connectivity index (χ1v) is 8.42. The first kappa shape index (κ1) is 22.7. The summed E-state index contributed by atoms with van der Waals surface area (Å²) in [5, 5.41) is 8.50. The Bertz CT molecular complexity index is 217. The van der Waals surface area contributed by atoms with Gasteiger partial charge in [0.25, 0.3) is 0 Å². The Morgan fingerprint density at radius 2 is 0.957 bits per heavy atom. The summed E-state index contributed by atoms with van der Waals surface area (Å²) in [6.07, 6.45) is 1.31. The minimum absolute atomic E-state index is 0.0417. The smallest absolute Gasteiger partial charge is 0.0704 e.